The van der Waals surface area contributed by atoms with Crippen LogP contribution < -0.4 is 5.32 Å². The van der Waals surface area contributed by atoms with Gasteiger partial charge in [0.15, 0.2) is 6.04 Å². The number of carboxylic acid groups (broad SMARTS) is 1. The average Bonchev–Trinajstić information content (AvgIpc) is 3.34. The summed E-state index contributed by atoms with van der Waals surface area (Å²) in [6.45, 7) is 2.69. The van der Waals surface area contributed by atoms with E-state index < -0.39 is 57.6 Å². The Morgan fingerprint density at radius 3 is 0.943 bits per heavy atom. The van der Waals surface area contributed by atoms with Gasteiger partial charge < -0.3 is 25.2 Å². The number of nitrogens with one attached hydrogen (secondary N) is 1. The van der Waals surface area contributed by atoms with Crippen LogP contribution in [0.25, 0.3) is 0 Å². The lowest BCUT2D eigenvalue weighted by atomic mass is 10.0. The van der Waals surface area contributed by atoms with Gasteiger partial charge in [0.25, 0.3) is 0 Å². The molecule has 3 unspecified atom stereocenters. The molecule has 4 N–H and O–H groups in total. The van der Waals surface area contributed by atoms with E-state index in [0.29, 0.717) is 12.8 Å². The number of carbonyl (C=O) groups excluding carboxylic acids is 2. The molecule has 0 aromatic heterocycles. The molecule has 0 aliphatic carbocycles. The summed E-state index contributed by atoms with van der Waals surface area (Å²) in [6.07, 6.45) is 58.5. The number of unbranched alkanes of at least 4 members (excludes halogenated alkanes) is 44. The Labute approximate surface area is 431 Å². The SMILES string of the molecule is CCCCCCCCCCCCCCCCCCCCCCCCCC(=O)NC(COP(=O)(O)OCC(O)COC(=O)CCCCCCCCCCCCCCCCCCCCCCCCC)C(=O)O. The molecule has 70 heavy (non-hydrogen) atoms. The minimum Gasteiger partial charge on any atom is -0.480 e. The van der Waals surface area contributed by atoms with Crippen molar-refractivity contribution in [3.8, 4) is 0 Å². The molecular formula is C58H114NO10P. The van der Waals surface area contributed by atoms with Crippen molar-refractivity contribution in [2.24, 2.45) is 0 Å². The quantitative estimate of drug-likeness (QED) is 0.0261. The third kappa shape index (κ3) is 52.8. The van der Waals surface area contributed by atoms with Gasteiger partial charge in [-0.15, -0.1) is 0 Å². The Hall–Kier alpha value is -1.52. The van der Waals surface area contributed by atoms with Gasteiger partial charge in [-0.2, -0.15) is 0 Å². The van der Waals surface area contributed by atoms with Crippen LogP contribution in [0.4, 0.5) is 0 Å². The first-order valence-electron chi connectivity index (χ1n) is 30.1. The maximum absolute atomic E-state index is 12.4. The maximum Gasteiger partial charge on any atom is 0.472 e. The number of aliphatic hydroxyl groups excluding tert-OH is 1. The van der Waals surface area contributed by atoms with E-state index in [4.69, 9.17) is 13.8 Å². The number of aliphatic hydroxyl groups is 1. The number of aliphatic carboxylic acids is 1. The van der Waals surface area contributed by atoms with Crippen LogP contribution in [0.3, 0.4) is 0 Å². The van der Waals surface area contributed by atoms with Gasteiger partial charge in [-0.25, -0.2) is 9.36 Å². The van der Waals surface area contributed by atoms with Crippen LogP contribution in [-0.4, -0.2) is 64.9 Å². The molecule has 0 bridgehead atoms. The van der Waals surface area contributed by atoms with Crippen molar-refractivity contribution in [2.45, 2.75) is 334 Å². The molecule has 0 rings (SSSR count). The van der Waals surface area contributed by atoms with Gasteiger partial charge in [0.1, 0.15) is 12.7 Å². The fourth-order valence-electron chi connectivity index (χ4n) is 9.26. The Balaban J connectivity index is 3.70. The summed E-state index contributed by atoms with van der Waals surface area (Å²) in [6, 6.07) is -1.54. The van der Waals surface area contributed by atoms with Gasteiger partial charge in [0, 0.05) is 12.8 Å². The average molecular weight is 1020 g/mol. The molecule has 3 atom stereocenters. The van der Waals surface area contributed by atoms with Crippen LogP contribution in [0.15, 0.2) is 0 Å². The number of carboxylic acids is 1. The highest BCUT2D eigenvalue weighted by molar-refractivity contribution is 7.47. The summed E-state index contributed by atoms with van der Waals surface area (Å²) in [5, 5.41) is 22.0. The highest BCUT2D eigenvalue weighted by Gasteiger charge is 2.28. The summed E-state index contributed by atoms with van der Waals surface area (Å²) < 4.78 is 27.1. The molecule has 416 valence electrons. The fraction of sp³-hybridized carbons (Fsp3) is 0.948. The molecule has 0 aromatic carbocycles. The standard InChI is InChI=1S/C58H114NO10P/c1-3-5-7-9-11-13-15-17-19-21-23-25-27-29-31-33-35-37-39-41-43-45-47-49-56(61)59-55(58(63)64)53-69-70(65,66)68-52-54(60)51-67-57(62)50-48-46-44-42-40-38-36-34-32-30-28-26-24-22-20-18-16-14-12-10-8-6-4-2/h54-55,60H,3-53H2,1-2H3,(H,59,61)(H,63,64)(H,65,66). The molecule has 11 nitrogen and oxygen atoms in total. The monoisotopic (exact) mass is 1020 g/mol. The Bertz CT molecular complexity index is 1190. The third-order valence-electron chi connectivity index (χ3n) is 13.9. The maximum atomic E-state index is 12.4. The van der Waals surface area contributed by atoms with E-state index in [-0.39, 0.29) is 12.8 Å². The lowest BCUT2D eigenvalue weighted by Gasteiger charge is -2.18. The number of carbonyl (C=O) groups is 3. The van der Waals surface area contributed by atoms with E-state index in [1.54, 1.807) is 0 Å². The number of phosphoric acid groups is 1. The summed E-state index contributed by atoms with van der Waals surface area (Å²) in [5.41, 5.74) is 0. The predicted octanol–water partition coefficient (Wildman–Crippen LogP) is 17.4. The largest absolute Gasteiger partial charge is 0.480 e. The van der Waals surface area contributed by atoms with Gasteiger partial charge in [-0.1, -0.05) is 296 Å². The second kappa shape index (κ2) is 53.8. The molecule has 0 saturated carbocycles. The number of hydrogen-bond acceptors (Lipinski definition) is 8. The molecule has 12 heteroatoms. The number of amides is 1. The smallest absolute Gasteiger partial charge is 0.472 e. The first-order valence-corrected chi connectivity index (χ1v) is 31.6. The number of hydrogen-bond donors (Lipinski definition) is 4. The summed E-state index contributed by atoms with van der Waals surface area (Å²) in [7, 11) is -4.76. The van der Waals surface area contributed by atoms with E-state index in [0.717, 1.165) is 38.5 Å². The lowest BCUT2D eigenvalue weighted by Crippen LogP contribution is -2.43. The van der Waals surface area contributed by atoms with Crippen molar-refractivity contribution in [1.29, 1.82) is 0 Å². The van der Waals surface area contributed by atoms with Crippen molar-refractivity contribution in [2.75, 3.05) is 19.8 Å². The summed E-state index contributed by atoms with van der Waals surface area (Å²) in [5.74, 6) is -2.34. The van der Waals surface area contributed by atoms with E-state index in [9.17, 15) is 34.1 Å². The molecule has 1 amide bonds. The third-order valence-corrected chi connectivity index (χ3v) is 14.8. The molecule has 0 saturated heterocycles. The van der Waals surface area contributed by atoms with Crippen molar-refractivity contribution >= 4 is 25.7 Å². The number of ether oxygens (including phenoxy) is 1. The topological polar surface area (TPSA) is 169 Å². The molecule has 0 radical (unpaired) electrons. The van der Waals surface area contributed by atoms with Crippen molar-refractivity contribution < 1.29 is 47.8 Å². The summed E-state index contributed by atoms with van der Waals surface area (Å²) >= 11 is 0. The minimum absolute atomic E-state index is 0.154. The Morgan fingerprint density at radius 2 is 0.657 bits per heavy atom. The zero-order valence-electron chi connectivity index (χ0n) is 45.9. The summed E-state index contributed by atoms with van der Waals surface area (Å²) in [4.78, 5) is 46.3. The van der Waals surface area contributed by atoms with E-state index in [1.807, 2.05) is 0 Å². The number of phosphoric ester groups is 1. The van der Waals surface area contributed by atoms with E-state index in [2.05, 4.69) is 19.2 Å². The zero-order valence-corrected chi connectivity index (χ0v) is 46.8. The number of esters is 1. The molecule has 0 aliphatic rings. The van der Waals surface area contributed by atoms with Crippen LogP contribution in [0.1, 0.15) is 322 Å². The van der Waals surface area contributed by atoms with E-state index in [1.165, 1.54) is 244 Å². The molecule has 0 heterocycles. The first kappa shape index (κ1) is 68.5. The van der Waals surface area contributed by atoms with Gasteiger partial charge in [-0.05, 0) is 12.8 Å². The molecule has 0 spiro atoms. The van der Waals surface area contributed by atoms with Gasteiger partial charge >= 0.3 is 19.8 Å². The van der Waals surface area contributed by atoms with Crippen molar-refractivity contribution in [1.82, 2.24) is 5.32 Å². The minimum atomic E-state index is -4.76. The Kier molecular flexibility index (Phi) is 52.6. The van der Waals surface area contributed by atoms with E-state index >= 15 is 0 Å². The van der Waals surface area contributed by atoms with Crippen LogP contribution in [0.5, 0.6) is 0 Å². The second-order valence-electron chi connectivity index (χ2n) is 20.9. The van der Waals surface area contributed by atoms with Crippen LogP contribution in [0.2, 0.25) is 0 Å². The highest BCUT2D eigenvalue weighted by Crippen LogP contribution is 2.43. The Morgan fingerprint density at radius 1 is 0.400 bits per heavy atom. The zero-order chi connectivity index (χ0) is 51.3. The second-order valence-corrected chi connectivity index (χ2v) is 22.4. The van der Waals surface area contributed by atoms with Crippen LogP contribution in [-0.2, 0) is 32.7 Å². The van der Waals surface area contributed by atoms with Gasteiger partial charge in [-0.3, -0.25) is 18.6 Å². The fourth-order valence-corrected chi connectivity index (χ4v) is 10.0. The van der Waals surface area contributed by atoms with Crippen LogP contribution in [0, 0.1) is 0 Å². The normalized spacial score (nSPS) is 13.3. The van der Waals surface area contributed by atoms with Crippen molar-refractivity contribution in [3.05, 3.63) is 0 Å². The lowest BCUT2D eigenvalue weighted by molar-refractivity contribution is -0.147. The van der Waals surface area contributed by atoms with Gasteiger partial charge in [0.05, 0.1) is 13.2 Å². The number of rotatable bonds is 58. The predicted molar refractivity (Wildman–Crippen MR) is 291 cm³/mol. The molecule has 0 aliphatic heterocycles. The molecule has 0 fully saturated rings. The van der Waals surface area contributed by atoms with Crippen LogP contribution >= 0.6 is 7.82 Å². The highest BCUT2D eigenvalue weighted by atomic mass is 31.2. The first-order chi connectivity index (χ1) is 34.1. The molecular weight excluding hydrogens is 902 g/mol. The molecule has 0 aromatic rings. The van der Waals surface area contributed by atoms with Crippen molar-refractivity contribution in [3.63, 3.8) is 0 Å². The van der Waals surface area contributed by atoms with Gasteiger partial charge in [0.2, 0.25) is 5.91 Å².